The zero-order valence-corrected chi connectivity index (χ0v) is 9.49. The van der Waals surface area contributed by atoms with Crippen LogP contribution >= 0.6 is 0 Å². The van der Waals surface area contributed by atoms with Crippen molar-refractivity contribution < 1.29 is 0 Å². The van der Waals surface area contributed by atoms with E-state index in [9.17, 15) is 0 Å². The van der Waals surface area contributed by atoms with Crippen molar-refractivity contribution in [1.82, 2.24) is 4.98 Å². The summed E-state index contributed by atoms with van der Waals surface area (Å²) in [5.41, 5.74) is 0.593. The highest BCUT2D eigenvalue weighted by atomic mass is 15.0. The van der Waals surface area contributed by atoms with Gasteiger partial charge in [0.2, 0.25) is 0 Å². The van der Waals surface area contributed by atoms with Crippen molar-refractivity contribution in [2.45, 2.75) is 19.4 Å². The Hall–Kier alpha value is -2.01. The quantitative estimate of drug-likeness (QED) is 0.770. The second-order valence-electron chi connectivity index (χ2n) is 4.28. The number of nitrogens with one attached hydrogen (secondary N) is 1. The molecule has 1 N–H and O–H groups in total. The molecule has 0 fully saturated rings. The van der Waals surface area contributed by atoms with E-state index in [1.54, 1.807) is 0 Å². The van der Waals surface area contributed by atoms with E-state index < -0.39 is 0 Å². The minimum absolute atomic E-state index is 0.380. The summed E-state index contributed by atoms with van der Waals surface area (Å²) in [6, 6.07) is 12.0. The molecule has 0 radical (unpaired) electrons. The maximum atomic E-state index is 5.43. The number of fused-ring (bicyclic) bond motifs is 1. The number of anilines is 1. The molecule has 16 heavy (non-hydrogen) atoms. The number of terminal acetylenes is 1. The van der Waals surface area contributed by atoms with E-state index in [4.69, 9.17) is 6.42 Å². The molecule has 0 aliphatic carbocycles. The number of hydrogen-bond acceptors (Lipinski definition) is 2. The zero-order valence-electron chi connectivity index (χ0n) is 9.49. The molecule has 0 unspecified atom stereocenters. The third-order valence-electron chi connectivity index (χ3n) is 2.40. The molecule has 0 bridgehead atoms. The molecule has 0 aliphatic heterocycles. The summed E-state index contributed by atoms with van der Waals surface area (Å²) in [5, 5.41) is 4.34. The summed E-state index contributed by atoms with van der Waals surface area (Å²) >= 11 is 0. The molecule has 1 aromatic heterocycles. The van der Waals surface area contributed by atoms with Gasteiger partial charge in [-0.15, -0.1) is 6.42 Å². The molecule has 0 amide bonds. The van der Waals surface area contributed by atoms with Crippen molar-refractivity contribution in [2.24, 2.45) is 0 Å². The van der Waals surface area contributed by atoms with Gasteiger partial charge in [0.1, 0.15) is 5.82 Å². The summed E-state index contributed by atoms with van der Waals surface area (Å²) in [4.78, 5) is 4.50. The predicted octanol–water partition coefficient (Wildman–Crippen LogP) is 3.06. The fourth-order valence-corrected chi connectivity index (χ4v) is 1.49. The Morgan fingerprint density at radius 1 is 1.19 bits per heavy atom. The minimum atomic E-state index is -0.380. The Bertz CT molecular complexity index is 550. The molecule has 1 heterocycles. The molecular weight excluding hydrogens is 196 g/mol. The van der Waals surface area contributed by atoms with Gasteiger partial charge < -0.3 is 5.32 Å². The van der Waals surface area contributed by atoms with E-state index in [-0.39, 0.29) is 5.54 Å². The van der Waals surface area contributed by atoms with Crippen LogP contribution in [0.1, 0.15) is 13.8 Å². The summed E-state index contributed by atoms with van der Waals surface area (Å²) in [5.74, 6) is 3.49. The van der Waals surface area contributed by atoms with Gasteiger partial charge in [-0.3, -0.25) is 0 Å². The number of benzene rings is 1. The number of hydrogen-bond donors (Lipinski definition) is 1. The first kappa shape index (κ1) is 10.5. The Kier molecular flexibility index (Phi) is 2.54. The van der Waals surface area contributed by atoms with E-state index in [0.717, 1.165) is 16.7 Å². The SMILES string of the molecule is C#CC(C)(C)Nc1ccc2ccccc2n1. The Balaban J connectivity index is 2.37. The van der Waals surface area contributed by atoms with Crippen molar-refractivity contribution in [1.29, 1.82) is 0 Å². The smallest absolute Gasteiger partial charge is 0.127 e. The van der Waals surface area contributed by atoms with Gasteiger partial charge in [0.05, 0.1) is 11.1 Å². The summed E-state index contributed by atoms with van der Waals surface area (Å²) in [6.45, 7) is 3.90. The van der Waals surface area contributed by atoms with E-state index in [1.807, 2.05) is 50.2 Å². The number of para-hydroxylation sites is 1. The summed E-state index contributed by atoms with van der Waals surface area (Å²) in [7, 11) is 0. The van der Waals surface area contributed by atoms with Gasteiger partial charge >= 0.3 is 0 Å². The van der Waals surface area contributed by atoms with E-state index in [1.165, 1.54) is 0 Å². The van der Waals surface area contributed by atoms with Crippen LogP contribution in [0.5, 0.6) is 0 Å². The number of nitrogens with zero attached hydrogens (tertiary/aromatic N) is 1. The van der Waals surface area contributed by atoms with Gasteiger partial charge in [-0.05, 0) is 32.0 Å². The van der Waals surface area contributed by atoms with Crippen LogP contribution in [-0.2, 0) is 0 Å². The molecule has 0 saturated carbocycles. The van der Waals surface area contributed by atoms with Crippen molar-refractivity contribution in [3.8, 4) is 12.3 Å². The maximum Gasteiger partial charge on any atom is 0.127 e. The monoisotopic (exact) mass is 210 g/mol. The summed E-state index contributed by atoms with van der Waals surface area (Å²) < 4.78 is 0. The zero-order chi connectivity index (χ0) is 11.6. The lowest BCUT2D eigenvalue weighted by molar-refractivity contribution is 0.737. The fourth-order valence-electron chi connectivity index (χ4n) is 1.49. The van der Waals surface area contributed by atoms with Gasteiger partial charge in [-0.2, -0.15) is 0 Å². The van der Waals surface area contributed by atoms with Crippen LogP contribution in [0.3, 0.4) is 0 Å². The van der Waals surface area contributed by atoms with Crippen LogP contribution in [0.2, 0.25) is 0 Å². The third kappa shape index (κ3) is 2.14. The van der Waals surface area contributed by atoms with Crippen molar-refractivity contribution in [3.05, 3.63) is 36.4 Å². The highest BCUT2D eigenvalue weighted by molar-refractivity contribution is 5.80. The molecule has 0 aliphatic rings. The first-order valence-electron chi connectivity index (χ1n) is 5.22. The molecule has 0 saturated heterocycles. The van der Waals surface area contributed by atoms with Crippen LogP contribution in [0.25, 0.3) is 10.9 Å². The van der Waals surface area contributed by atoms with Crippen LogP contribution < -0.4 is 5.32 Å². The first-order valence-corrected chi connectivity index (χ1v) is 5.22. The maximum absolute atomic E-state index is 5.43. The second-order valence-corrected chi connectivity index (χ2v) is 4.28. The van der Waals surface area contributed by atoms with E-state index >= 15 is 0 Å². The van der Waals surface area contributed by atoms with Gasteiger partial charge in [0, 0.05) is 5.39 Å². The molecule has 0 atom stereocenters. The number of pyridine rings is 1. The molecule has 80 valence electrons. The molecule has 2 rings (SSSR count). The van der Waals surface area contributed by atoms with Gasteiger partial charge in [-0.1, -0.05) is 24.1 Å². The topological polar surface area (TPSA) is 24.9 Å². The van der Waals surface area contributed by atoms with Crippen molar-refractivity contribution >= 4 is 16.7 Å². The predicted molar refractivity (Wildman–Crippen MR) is 68.3 cm³/mol. The number of rotatable bonds is 2. The second kappa shape index (κ2) is 3.86. The molecule has 2 heteroatoms. The highest BCUT2D eigenvalue weighted by Gasteiger charge is 2.13. The average Bonchev–Trinajstić information content (AvgIpc) is 2.28. The standard InChI is InChI=1S/C14H14N2/c1-4-14(2,3)16-13-10-9-11-7-5-6-8-12(11)15-13/h1,5-10H,2-3H3,(H,15,16). The molecule has 2 aromatic rings. The van der Waals surface area contributed by atoms with E-state index in [0.29, 0.717) is 0 Å². The van der Waals surface area contributed by atoms with Crippen LogP contribution in [-0.4, -0.2) is 10.5 Å². The lowest BCUT2D eigenvalue weighted by atomic mass is 10.1. The third-order valence-corrected chi connectivity index (χ3v) is 2.40. The van der Waals surface area contributed by atoms with Crippen LogP contribution in [0.15, 0.2) is 36.4 Å². The average molecular weight is 210 g/mol. The first-order chi connectivity index (χ1) is 7.61. The molecule has 2 nitrogen and oxygen atoms in total. The van der Waals surface area contributed by atoms with Gasteiger partial charge in [-0.25, -0.2) is 4.98 Å². The van der Waals surface area contributed by atoms with Crippen LogP contribution in [0.4, 0.5) is 5.82 Å². The van der Waals surface area contributed by atoms with Crippen molar-refractivity contribution in [3.63, 3.8) is 0 Å². The van der Waals surface area contributed by atoms with Gasteiger partial charge in [0.15, 0.2) is 0 Å². The molecule has 1 aromatic carbocycles. The Morgan fingerprint density at radius 3 is 2.69 bits per heavy atom. The van der Waals surface area contributed by atoms with Crippen LogP contribution in [0, 0.1) is 12.3 Å². The molecular formula is C14H14N2. The van der Waals surface area contributed by atoms with Gasteiger partial charge in [0.25, 0.3) is 0 Å². The van der Waals surface area contributed by atoms with E-state index in [2.05, 4.69) is 16.2 Å². The highest BCUT2D eigenvalue weighted by Crippen LogP contribution is 2.17. The lowest BCUT2D eigenvalue weighted by Gasteiger charge is -2.20. The largest absolute Gasteiger partial charge is 0.354 e. The minimum Gasteiger partial charge on any atom is -0.354 e. The normalized spacial score (nSPS) is 11.1. The Morgan fingerprint density at radius 2 is 1.94 bits per heavy atom. The van der Waals surface area contributed by atoms with Crippen molar-refractivity contribution in [2.75, 3.05) is 5.32 Å². The fraction of sp³-hybridized carbons (Fsp3) is 0.214. The lowest BCUT2D eigenvalue weighted by Crippen LogP contribution is -2.28. The summed E-state index contributed by atoms with van der Waals surface area (Å²) in [6.07, 6.45) is 5.43. The Labute approximate surface area is 95.7 Å². The molecule has 0 spiro atoms. The number of aromatic nitrogens is 1.